The Morgan fingerprint density at radius 1 is 1.47 bits per heavy atom. The third kappa shape index (κ3) is 3.72. The van der Waals surface area contributed by atoms with Gasteiger partial charge in [0.2, 0.25) is 0 Å². The summed E-state index contributed by atoms with van der Waals surface area (Å²) in [6.07, 6.45) is 4.70. The molecule has 0 saturated carbocycles. The van der Waals surface area contributed by atoms with Gasteiger partial charge in [-0.15, -0.1) is 0 Å². The number of hydrogen-bond acceptors (Lipinski definition) is 2. The van der Waals surface area contributed by atoms with Crippen molar-refractivity contribution in [1.29, 1.82) is 0 Å². The van der Waals surface area contributed by atoms with Gasteiger partial charge in [0.15, 0.2) is 0 Å². The fraction of sp³-hybridized carbons (Fsp3) is 0.917. The molecular weight excluding hydrogens is 204 g/mol. The van der Waals surface area contributed by atoms with E-state index in [0.717, 1.165) is 18.8 Å². The number of rotatable bonds is 4. The van der Waals surface area contributed by atoms with Gasteiger partial charge in [-0.25, -0.2) is 0 Å². The average Bonchev–Trinajstić information content (AvgIpc) is 2.18. The third-order valence-electron chi connectivity index (χ3n) is 3.54. The summed E-state index contributed by atoms with van der Waals surface area (Å²) < 4.78 is 0. The normalized spacial score (nSPS) is 30.1. The van der Waals surface area contributed by atoms with Crippen molar-refractivity contribution in [1.82, 2.24) is 4.90 Å². The first-order chi connectivity index (χ1) is 7.04. The molecule has 3 atom stereocenters. The number of likely N-dealkylation sites (tertiary alicyclic amines) is 1. The zero-order chi connectivity index (χ0) is 11.4. The second kappa shape index (κ2) is 5.80. The van der Waals surface area contributed by atoms with E-state index in [2.05, 4.69) is 25.7 Å². The standard InChI is InChI=1S/C12H24N2S/c1-4-11(7-12(13)15)14-8-9(2)5-6-10(14)3/h9-11H,4-8H2,1-3H3,(H2,13,15). The Hall–Kier alpha value is -0.150. The second-order valence-corrected chi connectivity index (χ2v) is 5.49. The van der Waals surface area contributed by atoms with Gasteiger partial charge in [-0.1, -0.05) is 26.1 Å². The fourth-order valence-corrected chi connectivity index (χ4v) is 2.75. The SMILES string of the molecule is CCC(CC(N)=S)N1CC(C)CCC1C. The molecular formula is C12H24N2S. The Morgan fingerprint density at radius 3 is 2.67 bits per heavy atom. The largest absolute Gasteiger partial charge is 0.393 e. The van der Waals surface area contributed by atoms with Crippen LogP contribution in [0.25, 0.3) is 0 Å². The van der Waals surface area contributed by atoms with Crippen molar-refractivity contribution in [2.45, 2.75) is 58.5 Å². The first-order valence-electron chi connectivity index (χ1n) is 6.08. The number of nitrogens with zero attached hydrogens (tertiary/aromatic N) is 1. The summed E-state index contributed by atoms with van der Waals surface area (Å²) >= 11 is 5.03. The molecule has 0 aliphatic carbocycles. The van der Waals surface area contributed by atoms with Crippen molar-refractivity contribution in [3.05, 3.63) is 0 Å². The molecule has 1 fully saturated rings. The molecule has 15 heavy (non-hydrogen) atoms. The van der Waals surface area contributed by atoms with Crippen molar-refractivity contribution in [2.75, 3.05) is 6.54 Å². The van der Waals surface area contributed by atoms with Crippen molar-refractivity contribution in [3.63, 3.8) is 0 Å². The van der Waals surface area contributed by atoms with Crippen LogP contribution in [0.15, 0.2) is 0 Å². The van der Waals surface area contributed by atoms with Gasteiger partial charge >= 0.3 is 0 Å². The van der Waals surface area contributed by atoms with Crippen LogP contribution in [-0.4, -0.2) is 28.5 Å². The van der Waals surface area contributed by atoms with Gasteiger partial charge in [-0.05, 0) is 32.1 Å². The summed E-state index contributed by atoms with van der Waals surface area (Å²) in [6.45, 7) is 8.11. The first kappa shape index (κ1) is 12.9. The molecule has 0 amide bonds. The van der Waals surface area contributed by atoms with E-state index in [-0.39, 0.29) is 0 Å². The van der Waals surface area contributed by atoms with Crippen molar-refractivity contribution in [2.24, 2.45) is 11.7 Å². The zero-order valence-electron chi connectivity index (χ0n) is 10.2. The van der Waals surface area contributed by atoms with Crippen LogP contribution in [0.1, 0.15) is 46.5 Å². The highest BCUT2D eigenvalue weighted by Gasteiger charge is 2.28. The van der Waals surface area contributed by atoms with Crippen LogP contribution >= 0.6 is 12.2 Å². The van der Waals surface area contributed by atoms with E-state index in [1.165, 1.54) is 19.4 Å². The van der Waals surface area contributed by atoms with E-state index in [9.17, 15) is 0 Å². The van der Waals surface area contributed by atoms with Crippen molar-refractivity contribution < 1.29 is 0 Å². The van der Waals surface area contributed by atoms with Crippen LogP contribution in [0, 0.1) is 5.92 Å². The number of piperidine rings is 1. The van der Waals surface area contributed by atoms with Crippen LogP contribution in [0.5, 0.6) is 0 Å². The summed E-state index contributed by atoms with van der Waals surface area (Å²) in [5.41, 5.74) is 5.66. The number of nitrogens with two attached hydrogens (primary N) is 1. The van der Waals surface area contributed by atoms with Gasteiger partial charge in [0.05, 0.1) is 4.99 Å². The monoisotopic (exact) mass is 228 g/mol. The van der Waals surface area contributed by atoms with E-state index in [4.69, 9.17) is 18.0 Å². The van der Waals surface area contributed by atoms with E-state index in [1.54, 1.807) is 0 Å². The lowest BCUT2D eigenvalue weighted by molar-refractivity contribution is 0.0777. The van der Waals surface area contributed by atoms with Gasteiger partial charge in [0.1, 0.15) is 0 Å². The molecule has 1 aliphatic heterocycles. The molecule has 3 unspecified atom stereocenters. The minimum atomic E-state index is 0.556. The summed E-state index contributed by atoms with van der Waals surface area (Å²) in [6, 6.07) is 1.25. The highest BCUT2D eigenvalue weighted by molar-refractivity contribution is 7.80. The smallest absolute Gasteiger partial charge is 0.0743 e. The molecule has 1 rings (SSSR count). The summed E-state index contributed by atoms with van der Waals surface area (Å²) in [5, 5.41) is 0. The molecule has 1 saturated heterocycles. The maximum Gasteiger partial charge on any atom is 0.0743 e. The molecule has 0 bridgehead atoms. The van der Waals surface area contributed by atoms with Gasteiger partial charge in [-0.2, -0.15) is 0 Å². The number of hydrogen-bond donors (Lipinski definition) is 1. The van der Waals surface area contributed by atoms with Crippen molar-refractivity contribution in [3.8, 4) is 0 Å². The first-order valence-corrected chi connectivity index (χ1v) is 6.49. The fourth-order valence-electron chi connectivity index (χ4n) is 2.56. The predicted molar refractivity (Wildman–Crippen MR) is 70.0 cm³/mol. The Morgan fingerprint density at radius 2 is 2.13 bits per heavy atom. The quantitative estimate of drug-likeness (QED) is 0.750. The van der Waals surface area contributed by atoms with Crippen LogP contribution in [0.4, 0.5) is 0 Å². The predicted octanol–water partition coefficient (Wildman–Crippen LogP) is 2.56. The molecule has 3 heteroatoms. The van der Waals surface area contributed by atoms with E-state index < -0.39 is 0 Å². The minimum Gasteiger partial charge on any atom is -0.393 e. The molecule has 0 aromatic carbocycles. The van der Waals surface area contributed by atoms with E-state index in [0.29, 0.717) is 17.1 Å². The average molecular weight is 228 g/mol. The summed E-state index contributed by atoms with van der Waals surface area (Å²) in [4.78, 5) is 3.26. The van der Waals surface area contributed by atoms with Crippen LogP contribution in [0.2, 0.25) is 0 Å². The van der Waals surface area contributed by atoms with Gasteiger partial charge in [0, 0.05) is 25.0 Å². The van der Waals surface area contributed by atoms with Crippen molar-refractivity contribution >= 4 is 17.2 Å². The van der Waals surface area contributed by atoms with Gasteiger partial charge in [0.25, 0.3) is 0 Å². The second-order valence-electron chi connectivity index (χ2n) is 4.96. The van der Waals surface area contributed by atoms with Crippen LogP contribution in [-0.2, 0) is 0 Å². The van der Waals surface area contributed by atoms with Crippen LogP contribution < -0.4 is 5.73 Å². The molecule has 0 aromatic rings. The molecule has 0 radical (unpaired) electrons. The lowest BCUT2D eigenvalue weighted by atomic mass is 9.92. The van der Waals surface area contributed by atoms with Gasteiger partial charge in [-0.3, -0.25) is 4.90 Å². The Kier molecular flexibility index (Phi) is 5.00. The zero-order valence-corrected chi connectivity index (χ0v) is 11.0. The lowest BCUT2D eigenvalue weighted by Gasteiger charge is -2.41. The molecule has 1 aliphatic rings. The molecule has 2 nitrogen and oxygen atoms in total. The Balaban J connectivity index is 2.59. The number of thiocarbonyl (C=S) groups is 1. The topological polar surface area (TPSA) is 29.3 Å². The third-order valence-corrected chi connectivity index (χ3v) is 3.71. The molecule has 2 N–H and O–H groups in total. The lowest BCUT2D eigenvalue weighted by Crippen LogP contribution is -2.48. The van der Waals surface area contributed by atoms with Gasteiger partial charge < -0.3 is 5.73 Å². The highest BCUT2D eigenvalue weighted by atomic mass is 32.1. The Labute approximate surface area is 99.2 Å². The molecule has 0 aromatic heterocycles. The van der Waals surface area contributed by atoms with E-state index >= 15 is 0 Å². The maximum atomic E-state index is 5.66. The molecule has 88 valence electrons. The van der Waals surface area contributed by atoms with E-state index in [1.807, 2.05) is 0 Å². The minimum absolute atomic E-state index is 0.556. The van der Waals surface area contributed by atoms with Crippen LogP contribution in [0.3, 0.4) is 0 Å². The maximum absolute atomic E-state index is 5.66. The Bertz CT molecular complexity index is 218. The summed E-state index contributed by atoms with van der Waals surface area (Å²) in [7, 11) is 0. The summed E-state index contributed by atoms with van der Waals surface area (Å²) in [5.74, 6) is 0.821. The molecule has 0 spiro atoms. The molecule has 1 heterocycles. The highest BCUT2D eigenvalue weighted by Crippen LogP contribution is 2.25.